The van der Waals surface area contributed by atoms with Gasteiger partial charge in [0.25, 0.3) is 0 Å². The van der Waals surface area contributed by atoms with Crippen LogP contribution in [0.1, 0.15) is 0 Å². The van der Waals surface area contributed by atoms with Gasteiger partial charge < -0.3 is 5.11 Å². The van der Waals surface area contributed by atoms with Crippen molar-refractivity contribution in [3.05, 3.63) is 47.5 Å². The van der Waals surface area contributed by atoms with Crippen molar-refractivity contribution in [2.75, 3.05) is 0 Å². The van der Waals surface area contributed by atoms with Crippen LogP contribution in [0, 0.1) is 0 Å². The van der Waals surface area contributed by atoms with Crippen molar-refractivity contribution in [3.8, 4) is 16.3 Å². The maximum absolute atomic E-state index is 9.85. The summed E-state index contributed by atoms with van der Waals surface area (Å²) in [7, 11) is 0. The molecule has 0 saturated heterocycles. The molecular weight excluding hydrogens is 319 g/mol. The zero-order valence-electron chi connectivity index (χ0n) is 9.43. The van der Waals surface area contributed by atoms with Gasteiger partial charge in [0.1, 0.15) is 10.8 Å². The van der Waals surface area contributed by atoms with Gasteiger partial charge in [0, 0.05) is 24.5 Å². The standard InChI is InChI=1S/C13H8ClNOS.Zn/c14-8-5-6-9(11(16)7-8)13-15-10-3-1-2-4-12(10)17-13;/h1-7,16H;. The molecule has 0 fully saturated rings. The van der Waals surface area contributed by atoms with Crippen LogP contribution in [0.15, 0.2) is 42.5 Å². The van der Waals surface area contributed by atoms with Gasteiger partial charge in [-0.25, -0.2) is 4.98 Å². The topological polar surface area (TPSA) is 33.1 Å². The number of phenols is 1. The summed E-state index contributed by atoms with van der Waals surface area (Å²) in [5.74, 6) is 0.163. The third kappa shape index (κ3) is 2.42. The molecule has 5 heteroatoms. The Morgan fingerprint density at radius 2 is 1.89 bits per heavy atom. The van der Waals surface area contributed by atoms with E-state index in [0.717, 1.165) is 20.8 Å². The molecule has 3 aromatic rings. The van der Waals surface area contributed by atoms with Crippen LogP contribution in [-0.2, 0) is 19.5 Å². The Kier molecular flexibility index (Phi) is 4.01. The van der Waals surface area contributed by atoms with Crippen molar-refractivity contribution < 1.29 is 24.6 Å². The minimum absolute atomic E-state index is 0. The number of phenolic OH excluding ortho intramolecular Hbond substituents is 1. The number of para-hydroxylation sites is 1. The Hall–Kier alpha value is -0.957. The van der Waals surface area contributed by atoms with Crippen molar-refractivity contribution in [1.29, 1.82) is 0 Å². The number of thiazole rings is 1. The van der Waals surface area contributed by atoms with Crippen LogP contribution in [0.25, 0.3) is 20.8 Å². The number of nitrogens with zero attached hydrogens (tertiary/aromatic N) is 1. The molecule has 1 heterocycles. The van der Waals surface area contributed by atoms with E-state index in [1.807, 2.05) is 24.3 Å². The molecule has 0 aliphatic heterocycles. The second-order valence-corrected chi connectivity index (χ2v) is 5.12. The van der Waals surface area contributed by atoms with Crippen molar-refractivity contribution in [3.63, 3.8) is 0 Å². The molecular formula is C13H8ClNOSZn. The Bertz CT molecular complexity index is 665. The fraction of sp³-hybridized carbons (Fsp3) is 0. The van der Waals surface area contributed by atoms with E-state index in [1.165, 1.54) is 6.07 Å². The van der Waals surface area contributed by atoms with Gasteiger partial charge in [0.2, 0.25) is 0 Å². The number of halogens is 1. The van der Waals surface area contributed by atoms with Gasteiger partial charge in [-0.05, 0) is 30.3 Å². The van der Waals surface area contributed by atoms with E-state index in [2.05, 4.69) is 4.98 Å². The maximum Gasteiger partial charge on any atom is 0.128 e. The van der Waals surface area contributed by atoms with Crippen LogP contribution in [0.3, 0.4) is 0 Å². The van der Waals surface area contributed by atoms with Crippen LogP contribution in [0.5, 0.6) is 5.75 Å². The van der Waals surface area contributed by atoms with Crippen LogP contribution < -0.4 is 0 Å². The summed E-state index contributed by atoms with van der Waals surface area (Å²) in [6, 6.07) is 13.0. The molecule has 0 spiro atoms. The molecule has 1 N–H and O–H groups in total. The molecule has 0 bridgehead atoms. The number of aromatic hydroxyl groups is 1. The Morgan fingerprint density at radius 1 is 1.11 bits per heavy atom. The summed E-state index contributed by atoms with van der Waals surface area (Å²) in [6.45, 7) is 0. The Morgan fingerprint density at radius 3 is 2.61 bits per heavy atom. The van der Waals surface area contributed by atoms with Crippen molar-refractivity contribution in [2.45, 2.75) is 0 Å². The first-order valence-electron chi connectivity index (χ1n) is 5.08. The first-order valence-corrected chi connectivity index (χ1v) is 6.28. The second-order valence-electron chi connectivity index (χ2n) is 3.65. The zero-order valence-corrected chi connectivity index (χ0v) is 14.0. The van der Waals surface area contributed by atoms with E-state index >= 15 is 0 Å². The molecule has 0 unspecified atom stereocenters. The van der Waals surface area contributed by atoms with Crippen molar-refractivity contribution >= 4 is 33.2 Å². The van der Waals surface area contributed by atoms with Crippen LogP contribution in [0.2, 0.25) is 5.02 Å². The molecule has 2 aromatic carbocycles. The van der Waals surface area contributed by atoms with Gasteiger partial charge in [-0.15, -0.1) is 11.3 Å². The number of rotatable bonds is 1. The molecule has 0 saturated carbocycles. The van der Waals surface area contributed by atoms with Crippen molar-refractivity contribution in [2.24, 2.45) is 0 Å². The molecule has 18 heavy (non-hydrogen) atoms. The summed E-state index contributed by atoms with van der Waals surface area (Å²) in [5, 5.41) is 11.2. The Balaban J connectivity index is 0.00000120. The van der Waals surface area contributed by atoms with E-state index in [9.17, 15) is 5.11 Å². The normalized spacial score (nSPS) is 10.3. The van der Waals surface area contributed by atoms with Gasteiger partial charge in [0.15, 0.2) is 0 Å². The SMILES string of the molecule is Oc1cc(Cl)ccc1-c1nc2ccccc2s1.[Zn]. The average Bonchev–Trinajstić information content (AvgIpc) is 2.72. The van der Waals surface area contributed by atoms with E-state index in [1.54, 1.807) is 23.5 Å². The van der Waals surface area contributed by atoms with Gasteiger partial charge in [-0.3, -0.25) is 0 Å². The average molecular weight is 327 g/mol. The summed E-state index contributed by atoms with van der Waals surface area (Å²) in [5.41, 5.74) is 1.66. The first kappa shape index (κ1) is 13.5. The fourth-order valence-electron chi connectivity index (χ4n) is 1.67. The number of aromatic nitrogens is 1. The van der Waals surface area contributed by atoms with E-state index in [0.29, 0.717) is 5.02 Å². The predicted octanol–water partition coefficient (Wildman–Crippen LogP) is 4.32. The summed E-state index contributed by atoms with van der Waals surface area (Å²) < 4.78 is 1.11. The summed E-state index contributed by atoms with van der Waals surface area (Å²) in [4.78, 5) is 4.49. The van der Waals surface area contributed by atoms with Crippen LogP contribution >= 0.6 is 22.9 Å². The Labute approximate surface area is 126 Å². The monoisotopic (exact) mass is 325 g/mol. The molecule has 0 amide bonds. The van der Waals surface area contributed by atoms with Gasteiger partial charge in [-0.2, -0.15) is 0 Å². The van der Waals surface area contributed by atoms with E-state index in [4.69, 9.17) is 11.6 Å². The molecule has 0 aliphatic rings. The zero-order chi connectivity index (χ0) is 11.8. The number of fused-ring (bicyclic) bond motifs is 1. The minimum atomic E-state index is 0. The van der Waals surface area contributed by atoms with Gasteiger partial charge in [0.05, 0.1) is 15.8 Å². The minimum Gasteiger partial charge on any atom is -0.507 e. The van der Waals surface area contributed by atoms with Gasteiger partial charge in [-0.1, -0.05) is 23.7 Å². The van der Waals surface area contributed by atoms with Crippen molar-refractivity contribution in [1.82, 2.24) is 4.98 Å². The second kappa shape index (κ2) is 5.35. The third-order valence-corrected chi connectivity index (χ3v) is 3.79. The van der Waals surface area contributed by atoms with E-state index in [-0.39, 0.29) is 25.2 Å². The largest absolute Gasteiger partial charge is 0.507 e. The molecule has 1 aromatic heterocycles. The molecule has 0 aliphatic carbocycles. The maximum atomic E-state index is 9.85. The third-order valence-electron chi connectivity index (χ3n) is 2.48. The molecule has 0 radical (unpaired) electrons. The molecule has 3 rings (SSSR count). The molecule has 2 nitrogen and oxygen atoms in total. The summed E-state index contributed by atoms with van der Waals surface area (Å²) >= 11 is 7.36. The first-order chi connectivity index (χ1) is 8.24. The van der Waals surface area contributed by atoms with E-state index < -0.39 is 0 Å². The van der Waals surface area contributed by atoms with Gasteiger partial charge >= 0.3 is 0 Å². The molecule has 86 valence electrons. The summed E-state index contributed by atoms with van der Waals surface area (Å²) in [6.07, 6.45) is 0. The number of benzene rings is 2. The van der Waals surface area contributed by atoms with Crippen LogP contribution in [0.4, 0.5) is 0 Å². The number of hydrogen-bond acceptors (Lipinski definition) is 3. The predicted molar refractivity (Wildman–Crippen MR) is 71.7 cm³/mol. The number of hydrogen-bond donors (Lipinski definition) is 1. The quantitative estimate of drug-likeness (QED) is 0.675. The molecule has 0 atom stereocenters. The van der Waals surface area contributed by atoms with Crippen LogP contribution in [-0.4, -0.2) is 10.1 Å². The fourth-order valence-corrected chi connectivity index (χ4v) is 2.84. The smallest absolute Gasteiger partial charge is 0.128 e.